The first-order valence-electron chi connectivity index (χ1n) is 13.8. The normalized spacial score (nSPS) is 45.6. The minimum absolute atomic E-state index is 0.0618. The Morgan fingerprint density at radius 3 is 2.60 bits per heavy atom. The highest BCUT2D eigenvalue weighted by molar-refractivity contribution is 6.01. The van der Waals surface area contributed by atoms with Crippen LogP contribution < -0.4 is 4.74 Å². The number of benzene rings is 1. The molecule has 0 spiro atoms. The first-order chi connectivity index (χ1) is 19.6. The Bertz CT molecular complexity index is 1420. The predicted molar refractivity (Wildman–Crippen MR) is 135 cm³/mol. The number of hydrogen-bond donors (Lipinski definition) is 2. The average Bonchev–Trinajstić information content (AvgIpc) is 3.38. The lowest BCUT2D eigenvalue weighted by molar-refractivity contribution is -0.263. The summed E-state index contributed by atoms with van der Waals surface area (Å²) in [6.07, 6.45) is -3.64. The van der Waals surface area contributed by atoms with Crippen molar-refractivity contribution in [2.45, 2.75) is 82.6 Å². The Hall–Kier alpha value is -2.67. The van der Waals surface area contributed by atoms with Crippen LogP contribution in [0.2, 0.25) is 0 Å². The summed E-state index contributed by atoms with van der Waals surface area (Å²) in [7, 11) is 0. The molecule has 4 aliphatic carbocycles. The molecule has 0 radical (unpaired) electrons. The molecule has 1 aliphatic heterocycles. The van der Waals surface area contributed by atoms with Crippen LogP contribution in [-0.2, 0) is 19.1 Å². The summed E-state index contributed by atoms with van der Waals surface area (Å²) < 4.78 is 91.0. The predicted octanol–water partition coefficient (Wildman–Crippen LogP) is 4.46. The maximum absolute atomic E-state index is 17.7. The molecule has 0 bridgehead atoms. The number of aliphatic hydroxyl groups is 2. The van der Waals surface area contributed by atoms with E-state index in [9.17, 15) is 28.6 Å². The van der Waals surface area contributed by atoms with Gasteiger partial charge in [-0.25, -0.2) is 13.2 Å². The Labute approximate surface area is 238 Å². The number of aliphatic hydroxyl groups excluding tert-OH is 2. The summed E-state index contributed by atoms with van der Waals surface area (Å²) in [4.78, 5) is 25.7. The van der Waals surface area contributed by atoms with E-state index in [0.717, 1.165) is 18.2 Å². The fourth-order valence-corrected chi connectivity index (χ4v) is 9.01. The van der Waals surface area contributed by atoms with E-state index in [4.69, 9.17) is 9.47 Å². The van der Waals surface area contributed by atoms with Crippen molar-refractivity contribution in [1.82, 2.24) is 0 Å². The minimum atomic E-state index is -3.31. The van der Waals surface area contributed by atoms with Gasteiger partial charge in [0.1, 0.15) is 12.8 Å². The molecule has 1 aromatic rings. The Kier molecular flexibility index (Phi) is 6.42. The zero-order chi connectivity index (χ0) is 30.6. The molecule has 0 unspecified atom stereocenters. The van der Waals surface area contributed by atoms with Crippen LogP contribution in [0.4, 0.5) is 22.0 Å². The van der Waals surface area contributed by atoms with Crippen molar-refractivity contribution in [2.24, 2.45) is 22.2 Å². The van der Waals surface area contributed by atoms with E-state index in [-0.39, 0.29) is 24.0 Å². The summed E-state index contributed by atoms with van der Waals surface area (Å²) in [6.45, 7) is 0.363. The molecule has 5 aliphatic rings. The smallest absolute Gasteiger partial charge is 0.387 e. The van der Waals surface area contributed by atoms with Gasteiger partial charge in [0.05, 0.1) is 12.2 Å². The summed E-state index contributed by atoms with van der Waals surface area (Å²) in [5, 5.41) is 21.7. The first-order valence-corrected chi connectivity index (χ1v) is 13.8. The average molecular weight is 599 g/mol. The highest BCUT2D eigenvalue weighted by atomic mass is 19.3. The maximum atomic E-state index is 17.7. The summed E-state index contributed by atoms with van der Waals surface area (Å²) in [5.41, 5.74) is -9.30. The van der Waals surface area contributed by atoms with Crippen molar-refractivity contribution in [3.05, 3.63) is 53.4 Å². The molecule has 10 atom stereocenters. The molecule has 3 saturated carbocycles. The third kappa shape index (κ3) is 3.35. The van der Waals surface area contributed by atoms with Crippen molar-refractivity contribution in [3.63, 3.8) is 0 Å². The second-order valence-corrected chi connectivity index (χ2v) is 12.7. The number of ketones is 2. The molecule has 7 nitrogen and oxygen atoms in total. The van der Waals surface area contributed by atoms with E-state index >= 15 is 13.2 Å². The zero-order valence-electron chi connectivity index (χ0n) is 23.1. The van der Waals surface area contributed by atoms with Crippen molar-refractivity contribution < 1.29 is 56.0 Å². The van der Waals surface area contributed by atoms with Crippen LogP contribution in [0.25, 0.3) is 0 Å². The van der Waals surface area contributed by atoms with Crippen molar-refractivity contribution in [2.75, 3.05) is 6.61 Å². The third-order valence-electron chi connectivity index (χ3n) is 11.2. The van der Waals surface area contributed by atoms with Crippen molar-refractivity contribution >= 4 is 11.6 Å². The summed E-state index contributed by atoms with van der Waals surface area (Å²) in [6, 6.07) is 3.43. The second kappa shape index (κ2) is 9.17. The van der Waals surface area contributed by atoms with Gasteiger partial charge in [-0.2, -0.15) is 8.78 Å². The molecule has 1 heterocycles. The van der Waals surface area contributed by atoms with Crippen LogP contribution in [0.3, 0.4) is 0 Å². The Balaban J connectivity index is 1.46. The number of ether oxygens (including phenoxy) is 3. The molecule has 0 aromatic heterocycles. The van der Waals surface area contributed by atoms with Gasteiger partial charge in [-0.05, 0) is 55.4 Å². The van der Waals surface area contributed by atoms with Gasteiger partial charge in [-0.1, -0.05) is 32.1 Å². The number of carbonyl (C=O) groups excluding carboxylic acids is 2. The van der Waals surface area contributed by atoms with E-state index in [1.54, 1.807) is 13.8 Å². The standard InChI is InChI=1S/C30H31F5O7/c1-26-8-7-14(37)9-16(26)17(31)10-19-27(2)12-22-30(21(39)13-36,28(27,3)11-20(38)29(19,26)35)42-24(41-22)15-5-4-6-18(23(15)32)40-25(33)34/h4-9,17,19-20,22,24-25,36,38H,10-13H2,1-3H3/t17-,19-,20-,22+,24+,26-,27-,28-,29-,30+/m0/s1. The third-order valence-corrected chi connectivity index (χ3v) is 11.2. The first kappa shape index (κ1) is 29.4. The monoisotopic (exact) mass is 598 g/mol. The lowest BCUT2D eigenvalue weighted by Crippen LogP contribution is -2.73. The zero-order valence-corrected chi connectivity index (χ0v) is 23.1. The van der Waals surface area contributed by atoms with Gasteiger partial charge in [0, 0.05) is 22.3 Å². The van der Waals surface area contributed by atoms with E-state index in [0.29, 0.717) is 0 Å². The van der Waals surface area contributed by atoms with Gasteiger partial charge in [0.25, 0.3) is 0 Å². The van der Waals surface area contributed by atoms with Gasteiger partial charge in [-0.15, -0.1) is 0 Å². The molecule has 6 rings (SSSR count). The number of fused-ring (bicyclic) bond motifs is 7. The summed E-state index contributed by atoms with van der Waals surface area (Å²) >= 11 is 0. The molecule has 42 heavy (non-hydrogen) atoms. The number of alkyl halides is 4. The molecule has 2 N–H and O–H groups in total. The van der Waals surface area contributed by atoms with Crippen LogP contribution in [0.1, 0.15) is 51.9 Å². The van der Waals surface area contributed by atoms with E-state index in [1.807, 2.05) is 0 Å². The van der Waals surface area contributed by atoms with Gasteiger partial charge in [-0.3, -0.25) is 9.59 Å². The molecule has 0 amide bonds. The molecular weight excluding hydrogens is 567 g/mol. The molecular formula is C30H31F5O7. The van der Waals surface area contributed by atoms with Crippen molar-refractivity contribution in [3.8, 4) is 5.75 Å². The Morgan fingerprint density at radius 2 is 1.93 bits per heavy atom. The number of Topliss-reactive ketones (excluding diaryl/α,β-unsaturated/α-hetero) is 1. The fraction of sp³-hybridized carbons (Fsp3) is 0.600. The maximum Gasteiger partial charge on any atom is 0.387 e. The summed E-state index contributed by atoms with van der Waals surface area (Å²) in [5.74, 6) is -4.52. The molecule has 1 saturated heterocycles. The molecule has 228 valence electrons. The molecule has 4 fully saturated rings. The van der Waals surface area contributed by atoms with Crippen LogP contribution in [0.15, 0.2) is 42.0 Å². The quantitative estimate of drug-likeness (QED) is 0.483. The van der Waals surface area contributed by atoms with Gasteiger partial charge < -0.3 is 24.4 Å². The van der Waals surface area contributed by atoms with Crippen LogP contribution in [-0.4, -0.2) is 64.6 Å². The van der Waals surface area contributed by atoms with E-state index < -0.39 is 101 Å². The van der Waals surface area contributed by atoms with Gasteiger partial charge in [0.15, 0.2) is 40.7 Å². The minimum Gasteiger partial charge on any atom is -0.432 e. The highest BCUT2D eigenvalue weighted by Gasteiger charge is 2.83. The SMILES string of the molecule is C[C@]12C[C@H](O)[C@@]3(F)[C@@H](C[C@H](F)C4=CC(=O)C=C[C@@]43C)[C@]1(C)C[C@H]1O[C@@H](c3cccc(OC(F)F)c3F)O[C@]12C(=O)CO. The number of carbonyl (C=O) groups is 2. The van der Waals surface area contributed by atoms with Crippen LogP contribution in [0, 0.1) is 28.0 Å². The van der Waals surface area contributed by atoms with E-state index in [2.05, 4.69) is 4.74 Å². The number of allylic oxidation sites excluding steroid dienone is 4. The number of halogens is 5. The van der Waals surface area contributed by atoms with Gasteiger partial charge in [0.2, 0.25) is 0 Å². The van der Waals surface area contributed by atoms with Crippen LogP contribution in [0.5, 0.6) is 5.75 Å². The number of rotatable bonds is 5. The fourth-order valence-electron chi connectivity index (χ4n) is 9.01. The lowest BCUT2D eigenvalue weighted by atomic mass is 9.39. The van der Waals surface area contributed by atoms with Crippen molar-refractivity contribution in [1.29, 1.82) is 0 Å². The van der Waals surface area contributed by atoms with E-state index in [1.165, 1.54) is 25.1 Å². The molecule has 12 heteroatoms. The van der Waals surface area contributed by atoms with Crippen LogP contribution >= 0.6 is 0 Å². The number of hydrogen-bond acceptors (Lipinski definition) is 7. The second-order valence-electron chi connectivity index (χ2n) is 12.7. The Morgan fingerprint density at radius 1 is 1.21 bits per heavy atom. The topological polar surface area (TPSA) is 102 Å². The molecule has 1 aromatic carbocycles. The highest BCUT2D eigenvalue weighted by Crippen LogP contribution is 2.77. The lowest BCUT2D eigenvalue weighted by Gasteiger charge is -2.66. The van der Waals surface area contributed by atoms with Gasteiger partial charge >= 0.3 is 6.61 Å². The largest absolute Gasteiger partial charge is 0.432 e.